The smallest absolute Gasteiger partial charge is 0.329 e. The number of aliphatic carboxylic acids is 1. The first-order chi connectivity index (χ1) is 8.58. The molecule has 0 aliphatic carbocycles. The number of rotatable bonds is 2. The lowest BCUT2D eigenvalue weighted by atomic mass is 10.2. The minimum absolute atomic E-state index is 0.0420. The minimum Gasteiger partial charge on any atom is -0.508 e. The second-order valence-electron chi connectivity index (χ2n) is 3.30. The van der Waals surface area contributed by atoms with Gasteiger partial charge in [-0.3, -0.25) is 4.99 Å². The molecule has 0 radical (unpaired) electrons. The molecule has 0 amide bonds. The Morgan fingerprint density at radius 3 is 2.56 bits per heavy atom. The van der Waals surface area contributed by atoms with Gasteiger partial charge in [-0.1, -0.05) is 13.8 Å². The van der Waals surface area contributed by atoms with Crippen LogP contribution in [0.1, 0.15) is 19.4 Å². The monoisotopic (exact) mass is 269 g/mol. The fraction of sp³-hybridized carbons (Fsp3) is 0.333. The fourth-order valence-electron chi connectivity index (χ4n) is 1.35. The van der Waals surface area contributed by atoms with Gasteiger partial charge in [-0.25, -0.2) is 4.79 Å². The molecule has 0 aromatic heterocycles. The number of benzene rings is 1. The van der Waals surface area contributed by atoms with E-state index in [2.05, 4.69) is 4.99 Å². The average molecular weight is 269 g/mol. The molecule has 1 aliphatic rings. The molecule has 0 saturated carbocycles. The number of aromatic hydroxyl groups is 2. The van der Waals surface area contributed by atoms with Crippen LogP contribution in [0.3, 0.4) is 0 Å². The van der Waals surface area contributed by atoms with Crippen molar-refractivity contribution in [2.45, 2.75) is 19.9 Å². The lowest BCUT2D eigenvalue weighted by Crippen LogP contribution is -2.17. The summed E-state index contributed by atoms with van der Waals surface area (Å²) in [6.45, 7) is 4.00. The summed E-state index contributed by atoms with van der Waals surface area (Å²) >= 11 is 1.28. The summed E-state index contributed by atoms with van der Waals surface area (Å²) in [5.74, 6) is -0.747. The summed E-state index contributed by atoms with van der Waals surface area (Å²) in [5.41, 5.74) is 0.451. The summed E-state index contributed by atoms with van der Waals surface area (Å²) in [4.78, 5) is 14.7. The quantitative estimate of drug-likeness (QED) is 0.764. The standard InChI is InChI=1S/C10H9NO4S.C2H6/c12-5-1-2-6(8(13)3-5)9-11-7(4-16-9)10(14)15;1-2/h1-3,7,12-13H,4H2,(H,14,15);1-2H3. The predicted molar refractivity (Wildman–Crippen MR) is 71.5 cm³/mol. The number of phenolic OH excluding ortho intramolecular Hbond substituents is 2. The molecule has 1 aromatic rings. The Kier molecular flexibility index (Phi) is 5.03. The van der Waals surface area contributed by atoms with Crippen molar-refractivity contribution >= 4 is 22.8 Å². The average Bonchev–Trinajstić information content (AvgIpc) is 2.81. The number of hydrogen-bond donors (Lipinski definition) is 3. The van der Waals surface area contributed by atoms with Gasteiger partial charge >= 0.3 is 5.97 Å². The van der Waals surface area contributed by atoms with E-state index in [4.69, 9.17) is 10.2 Å². The highest BCUT2D eigenvalue weighted by atomic mass is 32.2. The molecular weight excluding hydrogens is 254 g/mol. The van der Waals surface area contributed by atoms with Crippen LogP contribution >= 0.6 is 11.8 Å². The molecule has 0 spiro atoms. The van der Waals surface area contributed by atoms with Gasteiger partial charge in [-0.15, -0.1) is 11.8 Å². The molecular formula is C12H15NO4S. The Hall–Kier alpha value is -1.69. The van der Waals surface area contributed by atoms with Gasteiger partial charge in [0.15, 0.2) is 6.04 Å². The van der Waals surface area contributed by atoms with Crippen molar-refractivity contribution in [3.63, 3.8) is 0 Å². The number of thioether (sulfide) groups is 1. The van der Waals surface area contributed by atoms with Gasteiger partial charge < -0.3 is 15.3 Å². The van der Waals surface area contributed by atoms with Gasteiger partial charge in [-0.05, 0) is 12.1 Å². The van der Waals surface area contributed by atoms with Crippen LogP contribution in [0.25, 0.3) is 0 Å². The highest BCUT2D eigenvalue weighted by Gasteiger charge is 2.26. The number of aliphatic imine (C=N–C) groups is 1. The molecule has 18 heavy (non-hydrogen) atoms. The molecule has 6 heteroatoms. The summed E-state index contributed by atoms with van der Waals surface area (Å²) < 4.78 is 0. The maximum atomic E-state index is 10.7. The Morgan fingerprint density at radius 2 is 2.06 bits per heavy atom. The Labute approximate surface area is 109 Å². The van der Waals surface area contributed by atoms with Crippen molar-refractivity contribution in [3.8, 4) is 11.5 Å². The zero-order chi connectivity index (χ0) is 13.7. The maximum absolute atomic E-state index is 10.7. The number of hydrogen-bond acceptors (Lipinski definition) is 5. The summed E-state index contributed by atoms with van der Waals surface area (Å²) in [6.07, 6.45) is 0. The normalized spacial score (nSPS) is 17.7. The van der Waals surface area contributed by atoms with E-state index >= 15 is 0 Å². The minimum atomic E-state index is -0.972. The maximum Gasteiger partial charge on any atom is 0.329 e. The molecule has 1 atom stereocenters. The highest BCUT2D eigenvalue weighted by Crippen LogP contribution is 2.30. The topological polar surface area (TPSA) is 90.1 Å². The van der Waals surface area contributed by atoms with Gasteiger partial charge in [-0.2, -0.15) is 0 Å². The Balaban J connectivity index is 0.000000771. The zero-order valence-electron chi connectivity index (χ0n) is 10.1. The van der Waals surface area contributed by atoms with Crippen LogP contribution in [0, 0.1) is 0 Å². The van der Waals surface area contributed by atoms with Gasteiger partial charge in [0.25, 0.3) is 0 Å². The van der Waals surface area contributed by atoms with Crippen molar-refractivity contribution in [3.05, 3.63) is 23.8 Å². The van der Waals surface area contributed by atoms with E-state index in [-0.39, 0.29) is 11.5 Å². The van der Waals surface area contributed by atoms with Crippen molar-refractivity contribution in [2.24, 2.45) is 4.99 Å². The first kappa shape index (κ1) is 14.4. The molecule has 1 heterocycles. The number of carbonyl (C=O) groups is 1. The molecule has 5 nitrogen and oxygen atoms in total. The first-order valence-corrected chi connectivity index (χ1v) is 6.52. The number of nitrogens with zero attached hydrogens (tertiary/aromatic N) is 1. The Morgan fingerprint density at radius 1 is 1.39 bits per heavy atom. The van der Waals surface area contributed by atoms with E-state index in [9.17, 15) is 9.90 Å². The molecule has 3 N–H and O–H groups in total. The van der Waals surface area contributed by atoms with Crippen LogP contribution in [0.5, 0.6) is 11.5 Å². The van der Waals surface area contributed by atoms with Crippen LogP contribution in [0.15, 0.2) is 23.2 Å². The van der Waals surface area contributed by atoms with Crippen LogP contribution in [-0.2, 0) is 4.79 Å². The SMILES string of the molecule is CC.O=C(O)C1CSC(c2ccc(O)cc2O)=N1. The van der Waals surface area contributed by atoms with Crippen LogP contribution < -0.4 is 0 Å². The molecule has 1 unspecified atom stereocenters. The molecule has 98 valence electrons. The van der Waals surface area contributed by atoms with Crippen LogP contribution in [0.2, 0.25) is 0 Å². The molecule has 0 fully saturated rings. The van der Waals surface area contributed by atoms with E-state index in [1.807, 2.05) is 13.8 Å². The number of carboxylic acids is 1. The van der Waals surface area contributed by atoms with Crippen LogP contribution in [-0.4, -0.2) is 38.1 Å². The number of carboxylic acid groups (broad SMARTS) is 1. The van der Waals surface area contributed by atoms with Gasteiger partial charge in [0.05, 0.1) is 0 Å². The third-order valence-electron chi connectivity index (χ3n) is 2.15. The first-order valence-electron chi connectivity index (χ1n) is 5.53. The van der Waals surface area contributed by atoms with E-state index in [1.54, 1.807) is 0 Å². The van der Waals surface area contributed by atoms with Crippen molar-refractivity contribution in [1.82, 2.24) is 0 Å². The van der Waals surface area contributed by atoms with E-state index in [0.717, 1.165) is 0 Å². The van der Waals surface area contributed by atoms with Crippen molar-refractivity contribution in [1.29, 1.82) is 0 Å². The molecule has 1 aliphatic heterocycles. The predicted octanol–water partition coefficient (Wildman–Crippen LogP) is 2.07. The summed E-state index contributed by atoms with van der Waals surface area (Å²) in [7, 11) is 0. The van der Waals surface area contributed by atoms with Gasteiger partial charge in [0.1, 0.15) is 16.5 Å². The molecule has 1 aromatic carbocycles. The third kappa shape index (κ3) is 3.16. The second-order valence-corrected chi connectivity index (χ2v) is 4.31. The zero-order valence-corrected chi connectivity index (χ0v) is 10.9. The fourth-order valence-corrected chi connectivity index (χ4v) is 2.41. The largest absolute Gasteiger partial charge is 0.508 e. The van der Waals surface area contributed by atoms with E-state index < -0.39 is 12.0 Å². The lowest BCUT2D eigenvalue weighted by molar-refractivity contribution is -0.137. The Bertz CT molecular complexity index is 473. The van der Waals surface area contributed by atoms with Gasteiger partial charge in [0.2, 0.25) is 0 Å². The molecule has 2 rings (SSSR count). The molecule has 0 bridgehead atoms. The summed E-state index contributed by atoms with van der Waals surface area (Å²) in [6, 6.07) is 3.38. The van der Waals surface area contributed by atoms with Gasteiger partial charge in [0, 0.05) is 17.4 Å². The van der Waals surface area contributed by atoms with Crippen molar-refractivity contribution < 1.29 is 20.1 Å². The van der Waals surface area contributed by atoms with Crippen molar-refractivity contribution in [2.75, 3.05) is 5.75 Å². The second kappa shape index (κ2) is 6.30. The number of phenols is 2. The highest BCUT2D eigenvalue weighted by molar-refractivity contribution is 8.14. The van der Waals surface area contributed by atoms with E-state index in [1.165, 1.54) is 30.0 Å². The summed E-state index contributed by atoms with van der Waals surface area (Å²) in [5, 5.41) is 28.0. The lowest BCUT2D eigenvalue weighted by Gasteiger charge is -2.03. The van der Waals surface area contributed by atoms with E-state index in [0.29, 0.717) is 16.4 Å². The van der Waals surface area contributed by atoms with Crippen LogP contribution in [0.4, 0.5) is 0 Å². The molecule has 0 saturated heterocycles. The third-order valence-corrected chi connectivity index (χ3v) is 3.23.